The summed E-state index contributed by atoms with van der Waals surface area (Å²) in [5.41, 5.74) is 4.08. The maximum Gasteiger partial charge on any atom is 0.234 e. The lowest BCUT2D eigenvalue weighted by Crippen LogP contribution is -1.97. The Labute approximate surface area is 128 Å². The number of halogens is 2. The van der Waals surface area contributed by atoms with Crippen LogP contribution in [-0.4, -0.2) is 14.4 Å². The Balaban J connectivity index is 2.22. The summed E-state index contributed by atoms with van der Waals surface area (Å²) in [7, 11) is 0. The summed E-state index contributed by atoms with van der Waals surface area (Å²) < 4.78 is 4.10. The van der Waals surface area contributed by atoms with E-state index < -0.39 is 0 Å². The largest absolute Gasteiger partial charge is 0.287 e. The summed E-state index contributed by atoms with van der Waals surface area (Å²) in [4.78, 5) is 9.09. The monoisotopic (exact) mass is 379 g/mol. The molecule has 2 aromatic heterocycles. The minimum absolute atomic E-state index is 0.733. The molecule has 0 saturated heterocycles. The van der Waals surface area contributed by atoms with Crippen molar-refractivity contribution in [2.75, 3.05) is 0 Å². The zero-order chi connectivity index (χ0) is 13.6. The molecule has 96 valence electrons. The zero-order valence-electron chi connectivity index (χ0n) is 10.5. The van der Waals surface area contributed by atoms with Crippen molar-refractivity contribution in [1.82, 2.24) is 14.4 Å². The molecule has 3 aromatic rings. The third kappa shape index (κ3) is 2.21. The van der Waals surface area contributed by atoms with Crippen molar-refractivity contribution < 1.29 is 0 Å². The minimum atomic E-state index is 0.733. The highest BCUT2D eigenvalue weighted by molar-refractivity contribution is 9.10. The van der Waals surface area contributed by atoms with E-state index in [4.69, 9.17) is 0 Å². The second-order valence-electron chi connectivity index (χ2n) is 4.40. The van der Waals surface area contributed by atoms with Crippen molar-refractivity contribution in [3.8, 4) is 11.3 Å². The number of rotatable bonds is 1. The number of imidazole rings is 1. The average Bonchev–Trinajstić information content (AvgIpc) is 2.81. The highest BCUT2D eigenvalue weighted by Crippen LogP contribution is 2.25. The first kappa shape index (κ1) is 12.8. The minimum Gasteiger partial charge on any atom is -0.287 e. The lowest BCUT2D eigenvalue weighted by atomic mass is 10.2. The van der Waals surface area contributed by atoms with Gasteiger partial charge in [0.15, 0.2) is 0 Å². The normalized spacial score (nSPS) is 11.2. The van der Waals surface area contributed by atoms with E-state index in [-0.39, 0.29) is 0 Å². The van der Waals surface area contributed by atoms with Crippen LogP contribution in [0.2, 0.25) is 0 Å². The molecule has 2 heterocycles. The van der Waals surface area contributed by atoms with Gasteiger partial charge in [-0.1, -0.05) is 28.1 Å². The molecule has 0 aliphatic rings. The number of aromatic nitrogens is 3. The van der Waals surface area contributed by atoms with Crippen LogP contribution in [0.1, 0.15) is 11.4 Å². The van der Waals surface area contributed by atoms with Crippen LogP contribution in [0.5, 0.6) is 0 Å². The molecule has 0 aliphatic heterocycles. The van der Waals surface area contributed by atoms with Crippen molar-refractivity contribution in [3.05, 3.63) is 50.8 Å². The van der Waals surface area contributed by atoms with Crippen LogP contribution in [0, 0.1) is 13.8 Å². The second-order valence-corrected chi connectivity index (χ2v) is 6.11. The van der Waals surface area contributed by atoms with Crippen LogP contribution in [0.15, 0.2) is 39.4 Å². The van der Waals surface area contributed by atoms with E-state index in [1.54, 1.807) is 0 Å². The Morgan fingerprint density at radius 2 is 1.68 bits per heavy atom. The van der Waals surface area contributed by atoms with E-state index in [0.717, 1.165) is 37.4 Å². The van der Waals surface area contributed by atoms with Gasteiger partial charge >= 0.3 is 0 Å². The highest BCUT2D eigenvalue weighted by atomic mass is 79.9. The van der Waals surface area contributed by atoms with Crippen molar-refractivity contribution in [1.29, 1.82) is 0 Å². The van der Waals surface area contributed by atoms with Gasteiger partial charge in [-0.3, -0.25) is 4.40 Å². The van der Waals surface area contributed by atoms with Gasteiger partial charge in [-0.2, -0.15) is 0 Å². The number of benzene rings is 1. The van der Waals surface area contributed by atoms with E-state index >= 15 is 0 Å². The molecule has 0 aliphatic carbocycles. The van der Waals surface area contributed by atoms with Gasteiger partial charge in [0.25, 0.3) is 0 Å². The van der Waals surface area contributed by atoms with Crippen LogP contribution in [0.3, 0.4) is 0 Å². The fourth-order valence-electron chi connectivity index (χ4n) is 2.02. The molecule has 3 rings (SSSR count). The fraction of sp³-hybridized carbons (Fsp3) is 0.143. The van der Waals surface area contributed by atoms with Gasteiger partial charge in [0.1, 0.15) is 0 Å². The standard InChI is InChI=1S/C14H11Br2N3/c1-8-13(16)9(2)19-7-12(18-14(19)17-8)10-3-5-11(15)6-4-10/h3-7H,1-2H3. The SMILES string of the molecule is Cc1nc2nc(-c3ccc(Br)cc3)cn2c(C)c1Br. The van der Waals surface area contributed by atoms with Gasteiger partial charge in [0.05, 0.1) is 15.9 Å². The molecule has 0 fully saturated rings. The number of nitrogens with zero attached hydrogens (tertiary/aromatic N) is 3. The van der Waals surface area contributed by atoms with E-state index in [0.29, 0.717) is 0 Å². The first-order valence-corrected chi connectivity index (χ1v) is 7.42. The lowest BCUT2D eigenvalue weighted by Gasteiger charge is -2.04. The second kappa shape index (κ2) is 4.72. The van der Waals surface area contributed by atoms with E-state index in [2.05, 4.69) is 48.8 Å². The maximum absolute atomic E-state index is 4.59. The van der Waals surface area contributed by atoms with Crippen LogP contribution in [-0.2, 0) is 0 Å². The fourth-order valence-corrected chi connectivity index (χ4v) is 2.57. The Bertz CT molecular complexity index is 760. The van der Waals surface area contributed by atoms with Crippen molar-refractivity contribution >= 4 is 37.6 Å². The van der Waals surface area contributed by atoms with Crippen molar-refractivity contribution in [2.45, 2.75) is 13.8 Å². The van der Waals surface area contributed by atoms with Crippen molar-refractivity contribution in [2.24, 2.45) is 0 Å². The van der Waals surface area contributed by atoms with Crippen molar-refractivity contribution in [3.63, 3.8) is 0 Å². The zero-order valence-corrected chi connectivity index (χ0v) is 13.7. The molecule has 0 atom stereocenters. The first-order valence-electron chi connectivity index (χ1n) is 5.84. The molecule has 0 saturated carbocycles. The molecule has 0 amide bonds. The summed E-state index contributed by atoms with van der Waals surface area (Å²) in [5, 5.41) is 0. The predicted molar refractivity (Wildman–Crippen MR) is 83.3 cm³/mol. The summed E-state index contributed by atoms with van der Waals surface area (Å²) in [6.45, 7) is 4.03. The molecule has 0 spiro atoms. The van der Waals surface area contributed by atoms with Gasteiger partial charge in [-0.15, -0.1) is 0 Å². The molecule has 19 heavy (non-hydrogen) atoms. The summed E-state index contributed by atoms with van der Waals surface area (Å²) in [5.74, 6) is 0.733. The topological polar surface area (TPSA) is 30.2 Å². The quantitative estimate of drug-likeness (QED) is 0.620. The first-order chi connectivity index (χ1) is 9.06. The third-order valence-electron chi connectivity index (χ3n) is 3.09. The molecule has 0 radical (unpaired) electrons. The van der Waals surface area contributed by atoms with Crippen LogP contribution in [0.25, 0.3) is 17.0 Å². The lowest BCUT2D eigenvalue weighted by molar-refractivity contribution is 0.996. The molecule has 0 bridgehead atoms. The van der Waals surface area contributed by atoms with Gasteiger partial charge in [-0.05, 0) is 41.9 Å². The number of hydrogen-bond acceptors (Lipinski definition) is 2. The smallest absolute Gasteiger partial charge is 0.234 e. The summed E-state index contributed by atoms with van der Waals surface area (Å²) in [6.07, 6.45) is 2.02. The Kier molecular flexibility index (Phi) is 3.19. The number of hydrogen-bond donors (Lipinski definition) is 0. The summed E-state index contributed by atoms with van der Waals surface area (Å²) in [6, 6.07) is 8.12. The summed E-state index contributed by atoms with van der Waals surface area (Å²) >= 11 is 7.00. The average molecular weight is 381 g/mol. The molecule has 0 unspecified atom stereocenters. The third-order valence-corrected chi connectivity index (χ3v) is 4.77. The molecule has 5 heteroatoms. The predicted octanol–water partition coefficient (Wildman–Crippen LogP) is 4.54. The van der Waals surface area contributed by atoms with E-state index in [1.807, 2.05) is 41.8 Å². The molecular weight excluding hydrogens is 370 g/mol. The van der Waals surface area contributed by atoms with E-state index in [1.165, 1.54) is 0 Å². The van der Waals surface area contributed by atoms with Gasteiger partial charge in [0.2, 0.25) is 5.78 Å². The molecule has 0 N–H and O–H groups in total. The molecule has 1 aromatic carbocycles. The van der Waals surface area contributed by atoms with Crippen LogP contribution >= 0.6 is 31.9 Å². The van der Waals surface area contributed by atoms with E-state index in [9.17, 15) is 0 Å². The number of aryl methyl sites for hydroxylation is 2. The molecule has 3 nitrogen and oxygen atoms in total. The molecular formula is C14H11Br2N3. The Hall–Kier alpha value is -1.20. The maximum atomic E-state index is 4.59. The van der Waals surface area contributed by atoms with Gasteiger partial charge in [0, 0.05) is 21.9 Å². The Morgan fingerprint density at radius 1 is 1.00 bits per heavy atom. The van der Waals surface area contributed by atoms with Gasteiger partial charge < -0.3 is 0 Å². The van der Waals surface area contributed by atoms with Crippen LogP contribution < -0.4 is 0 Å². The van der Waals surface area contributed by atoms with Crippen LogP contribution in [0.4, 0.5) is 0 Å². The van der Waals surface area contributed by atoms with Gasteiger partial charge in [-0.25, -0.2) is 9.97 Å². The Morgan fingerprint density at radius 3 is 2.37 bits per heavy atom. The number of fused-ring (bicyclic) bond motifs is 1. The highest BCUT2D eigenvalue weighted by Gasteiger charge is 2.11.